The quantitative estimate of drug-likeness (QED) is 0.541. The average Bonchev–Trinajstić information content (AvgIpc) is 2.82. The molecule has 1 aromatic carbocycles. The molecule has 0 atom stereocenters. The lowest BCUT2D eigenvalue weighted by Crippen LogP contribution is -2.09. The monoisotopic (exact) mass is 259 g/mol. The summed E-state index contributed by atoms with van der Waals surface area (Å²) >= 11 is 1.45. The van der Waals surface area contributed by atoms with Gasteiger partial charge in [-0.1, -0.05) is 5.92 Å². The van der Waals surface area contributed by atoms with Gasteiger partial charge in [0.1, 0.15) is 0 Å². The van der Waals surface area contributed by atoms with Crippen molar-refractivity contribution in [2.45, 2.75) is 0 Å². The van der Waals surface area contributed by atoms with Gasteiger partial charge in [-0.25, -0.2) is 9.78 Å². The van der Waals surface area contributed by atoms with Gasteiger partial charge in [-0.15, -0.1) is 11.3 Å². The minimum Gasteiger partial charge on any atom is -0.465 e. The van der Waals surface area contributed by atoms with Crippen LogP contribution in [0, 0.1) is 11.8 Å². The molecule has 0 radical (unpaired) electrons. The van der Waals surface area contributed by atoms with Crippen molar-refractivity contribution in [2.75, 3.05) is 11.1 Å². The SMILES string of the molecule is Nc1cc(C#Cc2nccs2)ccc1NC(=O)O. The Bertz CT molecular complexity index is 627. The molecule has 6 heteroatoms. The molecule has 0 spiro atoms. The van der Waals surface area contributed by atoms with Gasteiger partial charge in [-0.2, -0.15) is 0 Å². The second kappa shape index (κ2) is 5.21. The molecular formula is C12H9N3O2S. The van der Waals surface area contributed by atoms with Gasteiger partial charge in [-0.05, 0) is 24.1 Å². The van der Waals surface area contributed by atoms with Crippen molar-refractivity contribution in [1.29, 1.82) is 0 Å². The van der Waals surface area contributed by atoms with Gasteiger partial charge < -0.3 is 10.8 Å². The zero-order valence-electron chi connectivity index (χ0n) is 9.18. The highest BCUT2D eigenvalue weighted by Gasteiger charge is 2.02. The first kappa shape index (κ1) is 12.0. The zero-order chi connectivity index (χ0) is 13.0. The van der Waals surface area contributed by atoms with Crippen LogP contribution in [0.5, 0.6) is 0 Å². The molecule has 0 unspecified atom stereocenters. The van der Waals surface area contributed by atoms with E-state index in [9.17, 15) is 4.79 Å². The van der Waals surface area contributed by atoms with Crippen LogP contribution >= 0.6 is 11.3 Å². The Morgan fingerprint density at radius 2 is 2.28 bits per heavy atom. The summed E-state index contributed by atoms with van der Waals surface area (Å²) in [5.74, 6) is 5.80. The normalized spacial score (nSPS) is 9.33. The van der Waals surface area contributed by atoms with Crippen LogP contribution < -0.4 is 11.1 Å². The van der Waals surface area contributed by atoms with Crippen LogP contribution in [-0.4, -0.2) is 16.2 Å². The summed E-state index contributed by atoms with van der Waals surface area (Å²) in [6.45, 7) is 0. The number of benzene rings is 1. The van der Waals surface area contributed by atoms with Crippen molar-refractivity contribution in [1.82, 2.24) is 4.98 Å². The molecular weight excluding hydrogens is 250 g/mol. The van der Waals surface area contributed by atoms with Crippen LogP contribution in [0.2, 0.25) is 0 Å². The maximum atomic E-state index is 10.5. The number of amides is 1. The van der Waals surface area contributed by atoms with Gasteiger partial charge in [-0.3, -0.25) is 5.32 Å². The van der Waals surface area contributed by atoms with E-state index in [1.54, 1.807) is 24.4 Å². The van der Waals surface area contributed by atoms with Crippen molar-refractivity contribution in [3.05, 3.63) is 40.3 Å². The van der Waals surface area contributed by atoms with Crippen LogP contribution in [0.3, 0.4) is 0 Å². The molecule has 18 heavy (non-hydrogen) atoms. The molecule has 5 nitrogen and oxygen atoms in total. The molecule has 1 heterocycles. The van der Waals surface area contributed by atoms with Crippen LogP contribution in [0.4, 0.5) is 16.2 Å². The first-order chi connectivity index (χ1) is 8.65. The lowest BCUT2D eigenvalue weighted by molar-refractivity contribution is 0.210. The van der Waals surface area contributed by atoms with Crippen molar-refractivity contribution in [2.24, 2.45) is 0 Å². The lowest BCUT2D eigenvalue weighted by Gasteiger charge is -2.04. The number of anilines is 2. The number of carbonyl (C=O) groups is 1. The standard InChI is InChI=1S/C12H9N3O2S/c13-9-7-8(1-3-10(9)15-12(16)17)2-4-11-14-5-6-18-11/h1,3,5-7,15H,13H2,(H,16,17). The van der Waals surface area contributed by atoms with Crippen molar-refractivity contribution in [3.8, 4) is 11.8 Å². The summed E-state index contributed by atoms with van der Waals surface area (Å²) < 4.78 is 0. The third kappa shape index (κ3) is 2.99. The maximum absolute atomic E-state index is 10.5. The van der Waals surface area contributed by atoms with E-state index in [4.69, 9.17) is 10.8 Å². The first-order valence-corrected chi connectivity index (χ1v) is 5.84. The zero-order valence-corrected chi connectivity index (χ0v) is 9.99. The number of hydrogen-bond acceptors (Lipinski definition) is 4. The second-order valence-electron chi connectivity index (χ2n) is 3.32. The number of aromatic nitrogens is 1. The minimum atomic E-state index is -1.15. The third-order valence-corrected chi connectivity index (χ3v) is 2.73. The summed E-state index contributed by atoms with van der Waals surface area (Å²) in [5, 5.41) is 13.4. The molecule has 90 valence electrons. The molecule has 0 bridgehead atoms. The molecule has 0 aliphatic carbocycles. The van der Waals surface area contributed by atoms with Gasteiger partial charge >= 0.3 is 6.09 Å². The summed E-state index contributed by atoms with van der Waals surface area (Å²) in [5.41, 5.74) is 7.10. The number of thiazole rings is 1. The van der Waals surface area contributed by atoms with E-state index in [1.807, 2.05) is 5.38 Å². The van der Waals surface area contributed by atoms with E-state index >= 15 is 0 Å². The summed E-state index contributed by atoms with van der Waals surface area (Å²) in [7, 11) is 0. The molecule has 0 aliphatic rings. The van der Waals surface area contributed by atoms with Gasteiger partial charge in [0.05, 0.1) is 11.4 Å². The van der Waals surface area contributed by atoms with Crippen molar-refractivity contribution >= 4 is 28.8 Å². The molecule has 4 N–H and O–H groups in total. The molecule has 2 aromatic rings. The van der Waals surface area contributed by atoms with Crippen molar-refractivity contribution in [3.63, 3.8) is 0 Å². The number of carboxylic acid groups (broad SMARTS) is 1. The van der Waals surface area contributed by atoms with Gasteiger partial charge in [0.2, 0.25) is 0 Å². The summed E-state index contributed by atoms with van der Waals surface area (Å²) in [6.07, 6.45) is 0.534. The first-order valence-electron chi connectivity index (χ1n) is 4.96. The van der Waals surface area contributed by atoms with Crippen molar-refractivity contribution < 1.29 is 9.90 Å². The Morgan fingerprint density at radius 1 is 1.44 bits per heavy atom. The number of nitrogens with one attached hydrogen (secondary N) is 1. The van der Waals surface area contributed by atoms with Gasteiger partial charge in [0.25, 0.3) is 0 Å². The predicted octanol–water partition coefficient (Wildman–Crippen LogP) is 2.21. The Balaban J connectivity index is 2.21. The van der Waals surface area contributed by atoms with E-state index in [2.05, 4.69) is 22.1 Å². The number of hydrogen-bond donors (Lipinski definition) is 3. The molecule has 1 amide bonds. The molecule has 0 aliphatic heterocycles. The highest BCUT2D eigenvalue weighted by molar-refractivity contribution is 7.10. The summed E-state index contributed by atoms with van der Waals surface area (Å²) in [4.78, 5) is 14.5. The number of nitrogens with two attached hydrogens (primary N) is 1. The van der Waals surface area contributed by atoms with E-state index in [0.29, 0.717) is 16.9 Å². The Labute approximate surface area is 107 Å². The second-order valence-corrected chi connectivity index (χ2v) is 4.21. The Morgan fingerprint density at radius 3 is 2.89 bits per heavy atom. The number of nitrogen functional groups attached to an aromatic ring is 1. The fourth-order valence-electron chi connectivity index (χ4n) is 1.28. The Hall–Kier alpha value is -2.52. The van der Waals surface area contributed by atoms with Crippen LogP contribution in [0.15, 0.2) is 29.8 Å². The lowest BCUT2D eigenvalue weighted by atomic mass is 10.2. The Kier molecular flexibility index (Phi) is 3.46. The molecule has 2 rings (SSSR count). The smallest absolute Gasteiger partial charge is 0.409 e. The molecule has 0 saturated carbocycles. The fourth-order valence-corrected chi connectivity index (χ4v) is 1.76. The largest absolute Gasteiger partial charge is 0.465 e. The molecule has 1 aromatic heterocycles. The topological polar surface area (TPSA) is 88.2 Å². The van der Waals surface area contributed by atoms with Crippen LogP contribution in [0.1, 0.15) is 10.6 Å². The predicted molar refractivity (Wildman–Crippen MR) is 70.6 cm³/mol. The average molecular weight is 259 g/mol. The minimum absolute atomic E-state index is 0.336. The fraction of sp³-hybridized carbons (Fsp3) is 0. The number of rotatable bonds is 1. The summed E-state index contributed by atoms with van der Waals surface area (Å²) in [6, 6.07) is 4.89. The number of nitrogens with zero attached hydrogens (tertiary/aromatic N) is 1. The van der Waals surface area contributed by atoms with Gasteiger partial charge in [0, 0.05) is 17.1 Å². The molecule has 0 saturated heterocycles. The van der Waals surface area contributed by atoms with E-state index < -0.39 is 6.09 Å². The van der Waals surface area contributed by atoms with Crippen LogP contribution in [-0.2, 0) is 0 Å². The van der Waals surface area contributed by atoms with Gasteiger partial charge in [0.15, 0.2) is 5.01 Å². The third-order valence-electron chi connectivity index (χ3n) is 2.04. The van der Waals surface area contributed by atoms with Crippen LogP contribution in [0.25, 0.3) is 0 Å². The highest BCUT2D eigenvalue weighted by atomic mass is 32.1. The van der Waals surface area contributed by atoms with E-state index in [0.717, 1.165) is 5.01 Å². The highest BCUT2D eigenvalue weighted by Crippen LogP contribution is 2.19. The molecule has 0 fully saturated rings. The van der Waals surface area contributed by atoms with E-state index in [-0.39, 0.29) is 0 Å². The van der Waals surface area contributed by atoms with E-state index in [1.165, 1.54) is 11.3 Å². The maximum Gasteiger partial charge on any atom is 0.409 e.